The van der Waals surface area contributed by atoms with E-state index < -0.39 is 0 Å². The van der Waals surface area contributed by atoms with Gasteiger partial charge in [0.1, 0.15) is 0 Å². The molecule has 1 atom stereocenters. The van der Waals surface area contributed by atoms with Crippen molar-refractivity contribution in [1.82, 2.24) is 14.9 Å². The van der Waals surface area contributed by atoms with Crippen molar-refractivity contribution < 1.29 is 0 Å². The summed E-state index contributed by atoms with van der Waals surface area (Å²) in [5.74, 6) is 0.704. The lowest BCUT2D eigenvalue weighted by atomic mass is 9.96. The van der Waals surface area contributed by atoms with Gasteiger partial charge < -0.3 is 5.32 Å². The van der Waals surface area contributed by atoms with Crippen LogP contribution >= 0.6 is 0 Å². The molecule has 2 aromatic rings. The van der Waals surface area contributed by atoms with E-state index >= 15 is 0 Å². The lowest BCUT2D eigenvalue weighted by Gasteiger charge is -2.32. The van der Waals surface area contributed by atoms with Gasteiger partial charge >= 0.3 is 0 Å². The molecule has 4 nitrogen and oxygen atoms in total. The molecule has 19 heavy (non-hydrogen) atoms. The summed E-state index contributed by atoms with van der Waals surface area (Å²) in [4.78, 5) is 11.0. The van der Waals surface area contributed by atoms with Crippen molar-refractivity contribution in [3.8, 4) is 0 Å². The van der Waals surface area contributed by atoms with Crippen LogP contribution < -0.4 is 5.32 Å². The third-order valence-electron chi connectivity index (χ3n) is 3.46. The third-order valence-corrected chi connectivity index (χ3v) is 3.46. The van der Waals surface area contributed by atoms with E-state index in [1.54, 1.807) is 6.20 Å². The molecule has 0 fully saturated rings. The monoisotopic (exact) mass is 254 g/mol. The van der Waals surface area contributed by atoms with E-state index in [0.29, 0.717) is 5.95 Å². The highest BCUT2D eigenvalue weighted by Crippen LogP contribution is 2.27. The van der Waals surface area contributed by atoms with Gasteiger partial charge in [-0.3, -0.25) is 4.90 Å². The number of benzene rings is 1. The number of hydrogen-bond donors (Lipinski definition) is 1. The number of aromatic nitrogens is 2. The summed E-state index contributed by atoms with van der Waals surface area (Å²) >= 11 is 0. The molecular weight excluding hydrogens is 236 g/mol. The maximum absolute atomic E-state index is 4.42. The summed E-state index contributed by atoms with van der Waals surface area (Å²) in [6.07, 6.45) is 1.79. The molecule has 1 aliphatic rings. The largest absolute Gasteiger partial charge is 0.346 e. The van der Waals surface area contributed by atoms with Crippen LogP contribution in [0.4, 0.5) is 5.95 Å². The Bertz CT molecular complexity index is 582. The predicted molar refractivity (Wildman–Crippen MR) is 75.9 cm³/mol. The molecule has 98 valence electrons. The van der Waals surface area contributed by atoms with Gasteiger partial charge in [0.2, 0.25) is 5.95 Å². The van der Waals surface area contributed by atoms with Crippen LogP contribution in [0, 0.1) is 6.92 Å². The van der Waals surface area contributed by atoms with Crippen molar-refractivity contribution in [2.45, 2.75) is 19.5 Å². The minimum Gasteiger partial charge on any atom is -0.346 e. The molecular formula is C15H18N4. The van der Waals surface area contributed by atoms with Crippen molar-refractivity contribution in [2.24, 2.45) is 0 Å². The molecule has 3 rings (SSSR count). The Morgan fingerprint density at radius 3 is 2.95 bits per heavy atom. The quantitative estimate of drug-likeness (QED) is 0.893. The first-order valence-corrected chi connectivity index (χ1v) is 6.55. The van der Waals surface area contributed by atoms with Crippen molar-refractivity contribution in [2.75, 3.05) is 18.9 Å². The Balaban J connectivity index is 1.89. The maximum Gasteiger partial charge on any atom is 0.223 e. The van der Waals surface area contributed by atoms with Gasteiger partial charge in [0, 0.05) is 25.0 Å². The van der Waals surface area contributed by atoms with Gasteiger partial charge in [-0.05, 0) is 31.2 Å². The molecule has 0 aliphatic carbocycles. The van der Waals surface area contributed by atoms with Crippen molar-refractivity contribution >= 4 is 5.95 Å². The van der Waals surface area contributed by atoms with Crippen LogP contribution in [0.5, 0.6) is 0 Å². The fraction of sp³-hybridized carbons (Fsp3) is 0.333. The summed E-state index contributed by atoms with van der Waals surface area (Å²) in [5, 5.41) is 3.44. The molecule has 0 bridgehead atoms. The SMILES string of the molecule is Cc1ccnc(NC2CN(C)Cc3ccccc32)n1. The first kappa shape index (κ1) is 12.1. The minimum atomic E-state index is 0.247. The lowest BCUT2D eigenvalue weighted by molar-refractivity contribution is 0.290. The molecule has 1 aliphatic heterocycles. The van der Waals surface area contributed by atoms with Crippen molar-refractivity contribution in [3.63, 3.8) is 0 Å². The molecule has 2 heterocycles. The normalized spacial score (nSPS) is 18.9. The summed E-state index contributed by atoms with van der Waals surface area (Å²) in [6.45, 7) is 3.95. The standard InChI is InChI=1S/C15H18N4/c1-11-7-8-16-15(17-11)18-14-10-19(2)9-12-5-3-4-6-13(12)14/h3-8,14H,9-10H2,1-2H3,(H,16,17,18). The van der Waals surface area contributed by atoms with Gasteiger partial charge in [-0.1, -0.05) is 24.3 Å². The maximum atomic E-state index is 4.42. The number of anilines is 1. The summed E-state index contributed by atoms with van der Waals surface area (Å²) in [6, 6.07) is 10.7. The van der Waals surface area contributed by atoms with E-state index in [9.17, 15) is 0 Å². The van der Waals surface area contributed by atoms with Crippen LogP contribution in [0.1, 0.15) is 22.9 Å². The second kappa shape index (κ2) is 4.97. The number of nitrogens with zero attached hydrogens (tertiary/aromatic N) is 3. The Hall–Kier alpha value is -1.94. The fourth-order valence-corrected chi connectivity index (χ4v) is 2.58. The zero-order valence-electron chi connectivity index (χ0n) is 11.3. The molecule has 1 aromatic carbocycles. The summed E-state index contributed by atoms with van der Waals surface area (Å²) in [5.41, 5.74) is 3.71. The predicted octanol–water partition coefficient (Wildman–Crippen LogP) is 2.38. The zero-order chi connectivity index (χ0) is 13.2. The average molecular weight is 254 g/mol. The number of fused-ring (bicyclic) bond motifs is 1. The Morgan fingerprint density at radius 1 is 1.26 bits per heavy atom. The van der Waals surface area contributed by atoms with Crippen LogP contribution in [0.3, 0.4) is 0 Å². The summed E-state index contributed by atoms with van der Waals surface area (Å²) in [7, 11) is 2.14. The highest BCUT2D eigenvalue weighted by molar-refractivity contribution is 5.38. The van der Waals surface area contributed by atoms with Crippen molar-refractivity contribution in [3.05, 3.63) is 53.3 Å². The van der Waals surface area contributed by atoms with E-state index in [4.69, 9.17) is 0 Å². The number of rotatable bonds is 2. The number of aryl methyl sites for hydroxylation is 1. The highest BCUT2D eigenvalue weighted by Gasteiger charge is 2.23. The molecule has 4 heteroatoms. The van der Waals surface area contributed by atoms with Crippen LogP contribution in [-0.2, 0) is 6.54 Å². The third kappa shape index (κ3) is 2.58. The number of hydrogen-bond acceptors (Lipinski definition) is 4. The second-order valence-electron chi connectivity index (χ2n) is 5.11. The van der Waals surface area contributed by atoms with E-state index in [1.807, 2.05) is 13.0 Å². The average Bonchev–Trinajstić information content (AvgIpc) is 2.38. The van der Waals surface area contributed by atoms with Crippen LogP contribution in [-0.4, -0.2) is 28.5 Å². The van der Waals surface area contributed by atoms with E-state index in [1.165, 1.54) is 11.1 Å². The molecule has 0 saturated carbocycles. The lowest BCUT2D eigenvalue weighted by Crippen LogP contribution is -2.34. The van der Waals surface area contributed by atoms with Gasteiger partial charge in [0.15, 0.2) is 0 Å². The molecule has 0 spiro atoms. The first-order chi connectivity index (χ1) is 9.22. The van der Waals surface area contributed by atoms with E-state index in [-0.39, 0.29) is 6.04 Å². The van der Waals surface area contributed by atoms with E-state index in [0.717, 1.165) is 18.8 Å². The fourth-order valence-electron chi connectivity index (χ4n) is 2.58. The Kier molecular flexibility index (Phi) is 3.17. The van der Waals surface area contributed by atoms with Gasteiger partial charge in [0.05, 0.1) is 6.04 Å². The van der Waals surface area contributed by atoms with Gasteiger partial charge in [-0.25, -0.2) is 9.97 Å². The molecule has 0 saturated heterocycles. The summed E-state index contributed by atoms with van der Waals surface area (Å²) < 4.78 is 0. The van der Waals surface area contributed by atoms with E-state index in [2.05, 4.69) is 51.5 Å². The topological polar surface area (TPSA) is 41.1 Å². The van der Waals surface area contributed by atoms with Gasteiger partial charge in [0.25, 0.3) is 0 Å². The Labute approximate surface area is 113 Å². The molecule has 1 unspecified atom stereocenters. The highest BCUT2D eigenvalue weighted by atomic mass is 15.2. The molecule has 0 amide bonds. The molecule has 1 N–H and O–H groups in total. The van der Waals surface area contributed by atoms with Crippen LogP contribution in [0.15, 0.2) is 36.5 Å². The molecule has 0 radical (unpaired) electrons. The van der Waals surface area contributed by atoms with Gasteiger partial charge in [-0.2, -0.15) is 0 Å². The van der Waals surface area contributed by atoms with Crippen LogP contribution in [0.2, 0.25) is 0 Å². The second-order valence-corrected chi connectivity index (χ2v) is 5.11. The zero-order valence-corrected chi connectivity index (χ0v) is 11.3. The smallest absolute Gasteiger partial charge is 0.223 e. The number of likely N-dealkylation sites (N-methyl/N-ethyl adjacent to an activating group) is 1. The van der Waals surface area contributed by atoms with Crippen molar-refractivity contribution in [1.29, 1.82) is 0 Å². The first-order valence-electron chi connectivity index (χ1n) is 6.55. The van der Waals surface area contributed by atoms with Gasteiger partial charge in [-0.15, -0.1) is 0 Å². The molecule has 1 aromatic heterocycles. The van der Waals surface area contributed by atoms with Crippen LogP contribution in [0.25, 0.3) is 0 Å². The Morgan fingerprint density at radius 2 is 2.11 bits per heavy atom. The number of nitrogens with one attached hydrogen (secondary N) is 1. The minimum absolute atomic E-state index is 0.247.